The van der Waals surface area contributed by atoms with Crippen LogP contribution in [0.15, 0.2) is 54.6 Å². The van der Waals surface area contributed by atoms with Crippen molar-refractivity contribution in [3.63, 3.8) is 0 Å². The van der Waals surface area contributed by atoms with Crippen LogP contribution in [-0.2, 0) is 20.7 Å². The molecule has 1 aromatic heterocycles. The van der Waals surface area contributed by atoms with Crippen molar-refractivity contribution < 1.29 is 14.3 Å². The van der Waals surface area contributed by atoms with Gasteiger partial charge in [0.2, 0.25) is 0 Å². The van der Waals surface area contributed by atoms with Crippen LogP contribution in [0.5, 0.6) is 0 Å². The first-order chi connectivity index (χ1) is 13.5. The van der Waals surface area contributed by atoms with Crippen molar-refractivity contribution in [2.45, 2.75) is 32.4 Å². The number of aromatic nitrogens is 1. The lowest BCUT2D eigenvalue weighted by Gasteiger charge is -2.25. The number of nitrogens with zero attached hydrogens (tertiary/aromatic N) is 2. The fourth-order valence-electron chi connectivity index (χ4n) is 3.46. The maximum Gasteiger partial charge on any atom is 0.331 e. The van der Waals surface area contributed by atoms with Gasteiger partial charge in [0.25, 0.3) is 5.91 Å². The molecule has 6 heteroatoms. The Bertz CT molecular complexity index is 1040. The number of fused-ring (bicyclic) bond motifs is 2. The Morgan fingerprint density at radius 2 is 1.96 bits per heavy atom. The minimum Gasteiger partial charge on any atom is -0.449 e. The third-order valence-electron chi connectivity index (χ3n) is 4.76. The van der Waals surface area contributed by atoms with Crippen molar-refractivity contribution in [2.75, 3.05) is 4.90 Å². The Kier molecular flexibility index (Phi) is 4.96. The predicted octanol–water partition coefficient (Wildman–Crippen LogP) is 4.22. The monoisotopic (exact) mass is 392 g/mol. The first-order valence-electron chi connectivity index (χ1n) is 9.18. The lowest BCUT2D eigenvalue weighted by Crippen LogP contribution is -2.43. The summed E-state index contributed by atoms with van der Waals surface area (Å²) in [5.41, 5.74) is 2.93. The van der Waals surface area contributed by atoms with Crippen LogP contribution in [-0.4, -0.2) is 29.0 Å². The largest absolute Gasteiger partial charge is 0.449 e. The molecule has 2 heterocycles. The summed E-state index contributed by atoms with van der Waals surface area (Å²) in [7, 11) is 0. The second-order valence-corrected chi connectivity index (χ2v) is 7.88. The quantitative estimate of drug-likeness (QED) is 0.493. The summed E-state index contributed by atoms with van der Waals surface area (Å²) in [5.74, 6) is -0.764. The normalized spacial score (nSPS) is 17.1. The number of carbonyl (C=O) groups is 2. The highest BCUT2D eigenvalue weighted by atomic mass is 32.1. The lowest BCUT2D eigenvalue weighted by atomic mass is 10.1. The molecule has 0 bridgehead atoms. The third kappa shape index (κ3) is 3.55. The number of thiazole rings is 1. The zero-order valence-electron chi connectivity index (χ0n) is 15.7. The van der Waals surface area contributed by atoms with E-state index in [1.807, 2.05) is 55.5 Å². The van der Waals surface area contributed by atoms with Crippen LogP contribution in [0.1, 0.15) is 24.4 Å². The molecule has 142 valence electrons. The van der Waals surface area contributed by atoms with Gasteiger partial charge < -0.3 is 9.64 Å². The average molecular weight is 392 g/mol. The van der Waals surface area contributed by atoms with Gasteiger partial charge in [0.05, 0.1) is 10.2 Å². The van der Waals surface area contributed by atoms with E-state index in [1.54, 1.807) is 17.9 Å². The number of hydrogen-bond donors (Lipinski definition) is 0. The van der Waals surface area contributed by atoms with E-state index >= 15 is 0 Å². The molecular weight excluding hydrogens is 372 g/mol. The molecule has 0 saturated heterocycles. The minimum atomic E-state index is -0.860. The van der Waals surface area contributed by atoms with E-state index in [4.69, 9.17) is 4.74 Å². The van der Waals surface area contributed by atoms with Gasteiger partial charge in [0, 0.05) is 17.8 Å². The number of ether oxygens (including phenoxy) is 1. The molecule has 0 fully saturated rings. The van der Waals surface area contributed by atoms with Crippen molar-refractivity contribution in [1.82, 2.24) is 4.98 Å². The Hall–Kier alpha value is -2.99. The Balaban J connectivity index is 1.42. The van der Waals surface area contributed by atoms with E-state index < -0.39 is 12.1 Å². The number of esters is 1. The smallest absolute Gasteiger partial charge is 0.331 e. The van der Waals surface area contributed by atoms with Crippen LogP contribution in [0.4, 0.5) is 5.69 Å². The molecule has 5 nitrogen and oxygen atoms in total. The maximum atomic E-state index is 12.9. The van der Waals surface area contributed by atoms with Crippen LogP contribution < -0.4 is 4.90 Å². The van der Waals surface area contributed by atoms with E-state index in [0.29, 0.717) is 0 Å². The number of carbonyl (C=O) groups excluding carboxylic acids is 2. The average Bonchev–Trinajstić information content (AvgIpc) is 3.25. The summed E-state index contributed by atoms with van der Waals surface area (Å²) in [4.78, 5) is 31.2. The molecule has 2 aromatic carbocycles. The van der Waals surface area contributed by atoms with Gasteiger partial charge in [-0.15, -0.1) is 11.3 Å². The van der Waals surface area contributed by atoms with Gasteiger partial charge in [-0.2, -0.15) is 0 Å². The van der Waals surface area contributed by atoms with Crippen LogP contribution >= 0.6 is 11.3 Å². The molecule has 2 atom stereocenters. The molecule has 1 amide bonds. The van der Waals surface area contributed by atoms with Crippen LogP contribution in [0.25, 0.3) is 16.3 Å². The van der Waals surface area contributed by atoms with E-state index in [0.717, 1.165) is 32.9 Å². The van der Waals surface area contributed by atoms with Gasteiger partial charge in [-0.1, -0.05) is 30.3 Å². The van der Waals surface area contributed by atoms with Gasteiger partial charge in [-0.25, -0.2) is 9.78 Å². The number of anilines is 1. The van der Waals surface area contributed by atoms with Crippen LogP contribution in [0, 0.1) is 0 Å². The molecule has 0 aliphatic carbocycles. The molecule has 0 spiro atoms. The molecule has 4 rings (SSSR count). The fraction of sp³-hybridized carbons (Fsp3) is 0.227. The molecule has 0 N–H and O–H groups in total. The van der Waals surface area contributed by atoms with Crippen molar-refractivity contribution in [1.29, 1.82) is 0 Å². The van der Waals surface area contributed by atoms with Crippen molar-refractivity contribution in [3.8, 4) is 0 Å². The van der Waals surface area contributed by atoms with Crippen molar-refractivity contribution in [2.24, 2.45) is 0 Å². The fourth-order valence-corrected chi connectivity index (χ4v) is 4.33. The SMILES string of the molecule is C[C@@H]1Cc2ccccc2N1C(=O)[C@@H](C)OC(=O)/C=C/c1nc2ccccc2s1. The van der Waals surface area contributed by atoms with Gasteiger partial charge in [0.15, 0.2) is 6.10 Å². The van der Waals surface area contributed by atoms with E-state index in [1.165, 1.54) is 17.4 Å². The minimum absolute atomic E-state index is 0.0457. The number of rotatable bonds is 4. The zero-order chi connectivity index (χ0) is 19.7. The molecular formula is C22H20N2O3S. The molecule has 1 aliphatic heterocycles. The highest BCUT2D eigenvalue weighted by molar-refractivity contribution is 7.19. The Morgan fingerprint density at radius 1 is 1.21 bits per heavy atom. The number of benzene rings is 2. The van der Waals surface area contributed by atoms with Crippen molar-refractivity contribution >= 4 is 45.2 Å². The van der Waals surface area contributed by atoms with E-state index in [-0.39, 0.29) is 11.9 Å². The third-order valence-corrected chi connectivity index (χ3v) is 5.76. The summed E-state index contributed by atoms with van der Waals surface area (Å²) in [5, 5.41) is 0.722. The summed E-state index contributed by atoms with van der Waals surface area (Å²) >= 11 is 1.50. The molecule has 3 aromatic rings. The number of hydrogen-bond acceptors (Lipinski definition) is 5. The topological polar surface area (TPSA) is 59.5 Å². The summed E-state index contributed by atoms with van der Waals surface area (Å²) in [6.45, 7) is 3.61. The van der Waals surface area contributed by atoms with Gasteiger partial charge >= 0.3 is 5.97 Å². The Labute approximate surface area is 167 Å². The second kappa shape index (κ2) is 7.56. The van der Waals surface area contributed by atoms with Gasteiger partial charge in [0.1, 0.15) is 5.01 Å². The molecule has 0 saturated carbocycles. The first kappa shape index (κ1) is 18.4. The predicted molar refractivity (Wildman–Crippen MR) is 111 cm³/mol. The van der Waals surface area contributed by atoms with Gasteiger partial charge in [-0.3, -0.25) is 4.79 Å². The summed E-state index contributed by atoms with van der Waals surface area (Å²) in [6, 6.07) is 15.7. The first-order valence-corrected chi connectivity index (χ1v) is 10.00. The highest BCUT2D eigenvalue weighted by Gasteiger charge is 2.34. The summed E-state index contributed by atoms with van der Waals surface area (Å²) in [6.07, 6.45) is 2.89. The highest BCUT2D eigenvalue weighted by Crippen LogP contribution is 2.32. The van der Waals surface area contributed by atoms with E-state index in [2.05, 4.69) is 4.98 Å². The molecule has 0 radical (unpaired) electrons. The lowest BCUT2D eigenvalue weighted by molar-refractivity contribution is -0.149. The molecule has 0 unspecified atom stereocenters. The van der Waals surface area contributed by atoms with Gasteiger partial charge in [-0.05, 0) is 50.1 Å². The van der Waals surface area contributed by atoms with Crippen molar-refractivity contribution in [3.05, 3.63) is 65.2 Å². The number of amides is 1. The standard InChI is InChI=1S/C22H20N2O3S/c1-14-13-16-7-3-5-9-18(16)24(14)22(26)15(2)27-21(25)12-11-20-23-17-8-4-6-10-19(17)28-20/h3-12,14-15H,13H2,1-2H3/b12-11+/t14-,15-/m1/s1. The second-order valence-electron chi connectivity index (χ2n) is 6.82. The molecule has 1 aliphatic rings. The van der Waals surface area contributed by atoms with Crippen LogP contribution in [0.2, 0.25) is 0 Å². The molecule has 28 heavy (non-hydrogen) atoms. The van der Waals surface area contributed by atoms with Crippen LogP contribution in [0.3, 0.4) is 0 Å². The Morgan fingerprint density at radius 3 is 2.79 bits per heavy atom. The van der Waals surface area contributed by atoms with E-state index in [9.17, 15) is 9.59 Å². The maximum absolute atomic E-state index is 12.9. The summed E-state index contributed by atoms with van der Waals surface area (Å²) < 4.78 is 6.40. The number of para-hydroxylation sites is 2. The zero-order valence-corrected chi connectivity index (χ0v) is 16.5.